The average molecular weight is 238 g/mol. The van der Waals surface area contributed by atoms with Gasteiger partial charge in [-0.25, -0.2) is 4.79 Å². The van der Waals surface area contributed by atoms with Crippen LogP contribution in [0.3, 0.4) is 0 Å². The molecule has 0 atom stereocenters. The summed E-state index contributed by atoms with van der Waals surface area (Å²) in [5, 5.41) is 17.6. The molecule has 1 aromatic heterocycles. The molecule has 0 bridgehead atoms. The number of nitrogens with zero attached hydrogens (tertiary/aromatic N) is 2. The van der Waals surface area contributed by atoms with Gasteiger partial charge in [0.15, 0.2) is 0 Å². The molecule has 2 aromatic rings. The van der Waals surface area contributed by atoms with E-state index in [0.29, 0.717) is 5.69 Å². The predicted octanol–water partition coefficient (Wildman–Crippen LogP) is 0.805. The molecule has 0 saturated carbocycles. The number of aliphatic hydroxyl groups excluding tert-OH is 1. The number of hydrogen-bond acceptors (Lipinski definition) is 5. The number of carbonyl (C=O) groups is 1. The van der Waals surface area contributed by atoms with E-state index in [9.17, 15) is 4.79 Å². The number of carbonyl (C=O) groups excluding carboxylic acids is 1. The summed E-state index contributed by atoms with van der Waals surface area (Å²) >= 11 is 1.31. The Bertz CT molecular complexity index is 499. The summed E-state index contributed by atoms with van der Waals surface area (Å²) in [5.74, 6) is 0. The van der Waals surface area contributed by atoms with Gasteiger partial charge in [0.05, 0.1) is 11.3 Å². The molecule has 0 aliphatic carbocycles. The molecule has 2 amide bonds. The quantitative estimate of drug-likeness (QED) is 0.738. The van der Waals surface area contributed by atoms with E-state index in [2.05, 4.69) is 20.2 Å². The van der Waals surface area contributed by atoms with Crippen LogP contribution in [-0.2, 0) is 0 Å². The van der Waals surface area contributed by atoms with Gasteiger partial charge in [-0.05, 0) is 29.7 Å². The highest BCUT2D eigenvalue weighted by Gasteiger charge is 2.03. The van der Waals surface area contributed by atoms with Gasteiger partial charge in [0, 0.05) is 12.2 Å². The normalized spacial score (nSPS) is 10.3. The minimum absolute atomic E-state index is 0.0809. The molecular formula is C9H10N4O2S. The van der Waals surface area contributed by atoms with Gasteiger partial charge in [0.2, 0.25) is 0 Å². The zero-order valence-electron chi connectivity index (χ0n) is 8.30. The second kappa shape index (κ2) is 4.86. The number of fused-ring (bicyclic) bond motifs is 1. The summed E-state index contributed by atoms with van der Waals surface area (Å²) in [6.45, 7) is 0.148. The lowest BCUT2D eigenvalue weighted by Crippen LogP contribution is -2.30. The Morgan fingerprint density at radius 1 is 1.50 bits per heavy atom. The molecule has 0 radical (unpaired) electrons. The van der Waals surface area contributed by atoms with Crippen molar-refractivity contribution in [1.29, 1.82) is 0 Å². The Kier molecular flexibility index (Phi) is 3.28. The third kappa shape index (κ3) is 2.44. The lowest BCUT2D eigenvalue weighted by atomic mass is 10.3. The van der Waals surface area contributed by atoms with Gasteiger partial charge in [-0.15, -0.1) is 5.10 Å². The van der Waals surface area contributed by atoms with Crippen LogP contribution in [-0.4, -0.2) is 33.9 Å². The number of hydrogen-bond donors (Lipinski definition) is 3. The maximum Gasteiger partial charge on any atom is 0.319 e. The third-order valence-electron chi connectivity index (χ3n) is 1.90. The molecule has 16 heavy (non-hydrogen) atoms. The van der Waals surface area contributed by atoms with E-state index in [4.69, 9.17) is 5.11 Å². The van der Waals surface area contributed by atoms with Crippen molar-refractivity contribution in [1.82, 2.24) is 14.9 Å². The summed E-state index contributed by atoms with van der Waals surface area (Å²) in [6, 6.07) is 5.02. The van der Waals surface area contributed by atoms with Crippen molar-refractivity contribution in [2.24, 2.45) is 0 Å². The average Bonchev–Trinajstić information content (AvgIpc) is 2.73. The third-order valence-corrected chi connectivity index (χ3v) is 2.61. The van der Waals surface area contributed by atoms with Crippen LogP contribution in [0.2, 0.25) is 0 Å². The van der Waals surface area contributed by atoms with Crippen molar-refractivity contribution in [3.05, 3.63) is 18.2 Å². The first kappa shape index (κ1) is 10.8. The molecule has 0 saturated heterocycles. The largest absolute Gasteiger partial charge is 0.395 e. The number of anilines is 1. The summed E-state index contributed by atoms with van der Waals surface area (Å²) in [7, 11) is 0. The maximum absolute atomic E-state index is 11.3. The number of rotatable bonds is 3. The molecule has 0 unspecified atom stereocenters. The molecule has 1 heterocycles. The Hall–Kier alpha value is -1.73. The highest BCUT2D eigenvalue weighted by molar-refractivity contribution is 7.12. The zero-order valence-corrected chi connectivity index (χ0v) is 9.12. The van der Waals surface area contributed by atoms with E-state index in [-0.39, 0.29) is 19.2 Å². The molecule has 6 nitrogen and oxygen atoms in total. The molecule has 0 aliphatic heterocycles. The van der Waals surface area contributed by atoms with Gasteiger partial charge in [-0.2, -0.15) is 0 Å². The fraction of sp³-hybridized carbons (Fsp3) is 0.222. The van der Waals surface area contributed by atoms with Crippen molar-refractivity contribution in [2.45, 2.75) is 0 Å². The van der Waals surface area contributed by atoms with E-state index in [1.807, 2.05) is 6.07 Å². The van der Waals surface area contributed by atoms with E-state index >= 15 is 0 Å². The summed E-state index contributed by atoms with van der Waals surface area (Å²) in [4.78, 5) is 11.3. The van der Waals surface area contributed by atoms with Gasteiger partial charge in [-0.3, -0.25) is 0 Å². The van der Waals surface area contributed by atoms with Crippen LogP contribution in [0.5, 0.6) is 0 Å². The molecule has 0 aliphatic rings. The number of nitrogens with one attached hydrogen (secondary N) is 2. The highest BCUT2D eigenvalue weighted by atomic mass is 32.1. The molecule has 1 aromatic carbocycles. The molecule has 0 spiro atoms. The number of benzene rings is 1. The van der Waals surface area contributed by atoms with Crippen LogP contribution >= 0.6 is 11.5 Å². The molecular weight excluding hydrogens is 228 g/mol. The lowest BCUT2D eigenvalue weighted by molar-refractivity contribution is 0.245. The van der Waals surface area contributed by atoms with E-state index in [1.54, 1.807) is 12.1 Å². The van der Waals surface area contributed by atoms with Crippen LogP contribution in [0.15, 0.2) is 18.2 Å². The topological polar surface area (TPSA) is 87.1 Å². The Morgan fingerprint density at radius 3 is 3.19 bits per heavy atom. The van der Waals surface area contributed by atoms with Crippen LogP contribution in [0.1, 0.15) is 0 Å². The van der Waals surface area contributed by atoms with Crippen LogP contribution in [0, 0.1) is 0 Å². The monoisotopic (exact) mass is 238 g/mol. The second-order valence-corrected chi connectivity index (χ2v) is 3.85. The van der Waals surface area contributed by atoms with Crippen molar-refractivity contribution < 1.29 is 9.90 Å². The van der Waals surface area contributed by atoms with Gasteiger partial charge in [0.25, 0.3) is 0 Å². The van der Waals surface area contributed by atoms with Crippen LogP contribution in [0.25, 0.3) is 10.2 Å². The minimum Gasteiger partial charge on any atom is -0.395 e. The van der Waals surface area contributed by atoms with Crippen molar-refractivity contribution in [3.8, 4) is 0 Å². The predicted molar refractivity (Wildman–Crippen MR) is 61.5 cm³/mol. The summed E-state index contributed by atoms with van der Waals surface area (Å²) in [6.07, 6.45) is 0. The zero-order chi connectivity index (χ0) is 11.4. The number of amides is 2. The number of aromatic nitrogens is 2. The first-order valence-corrected chi connectivity index (χ1v) is 5.45. The smallest absolute Gasteiger partial charge is 0.319 e. The highest BCUT2D eigenvalue weighted by Crippen LogP contribution is 2.19. The standard InChI is InChI=1S/C9H10N4O2S/c14-4-3-10-9(15)11-6-1-2-8-7(5-6)12-13-16-8/h1-2,5,14H,3-4H2,(H2,10,11,15). The Labute approximate surface area is 95.5 Å². The molecule has 3 N–H and O–H groups in total. The van der Waals surface area contributed by atoms with Crippen molar-refractivity contribution >= 4 is 33.5 Å². The summed E-state index contributed by atoms with van der Waals surface area (Å²) in [5.41, 5.74) is 1.40. The first-order valence-electron chi connectivity index (χ1n) is 4.67. The Morgan fingerprint density at radius 2 is 2.38 bits per heavy atom. The van der Waals surface area contributed by atoms with E-state index in [0.717, 1.165) is 10.2 Å². The first-order chi connectivity index (χ1) is 7.79. The second-order valence-electron chi connectivity index (χ2n) is 3.06. The van der Waals surface area contributed by atoms with Gasteiger partial charge in [0.1, 0.15) is 5.52 Å². The SMILES string of the molecule is O=C(NCCO)Nc1ccc2snnc2c1. The fourth-order valence-corrected chi connectivity index (χ4v) is 1.74. The molecule has 7 heteroatoms. The Balaban J connectivity index is 2.06. The van der Waals surface area contributed by atoms with Crippen molar-refractivity contribution in [2.75, 3.05) is 18.5 Å². The molecule has 84 valence electrons. The van der Waals surface area contributed by atoms with Crippen LogP contribution < -0.4 is 10.6 Å². The minimum atomic E-state index is -0.350. The van der Waals surface area contributed by atoms with Gasteiger partial charge in [-0.1, -0.05) is 4.49 Å². The van der Waals surface area contributed by atoms with Gasteiger partial charge < -0.3 is 15.7 Å². The number of urea groups is 1. The van der Waals surface area contributed by atoms with Crippen molar-refractivity contribution in [3.63, 3.8) is 0 Å². The molecule has 2 rings (SSSR count). The number of aliphatic hydroxyl groups is 1. The van der Waals surface area contributed by atoms with Crippen LogP contribution in [0.4, 0.5) is 10.5 Å². The van der Waals surface area contributed by atoms with E-state index < -0.39 is 0 Å². The van der Waals surface area contributed by atoms with E-state index in [1.165, 1.54) is 11.5 Å². The molecule has 0 fully saturated rings. The summed E-state index contributed by atoms with van der Waals surface area (Å²) < 4.78 is 4.77. The maximum atomic E-state index is 11.3. The fourth-order valence-electron chi connectivity index (χ4n) is 1.20. The lowest BCUT2D eigenvalue weighted by Gasteiger charge is -2.05. The van der Waals surface area contributed by atoms with Gasteiger partial charge >= 0.3 is 6.03 Å².